The summed E-state index contributed by atoms with van der Waals surface area (Å²) in [6.07, 6.45) is 4.83. The van der Waals surface area contributed by atoms with Gasteiger partial charge in [-0.25, -0.2) is 0 Å². The Morgan fingerprint density at radius 3 is 1.69 bits per heavy atom. The Morgan fingerprint density at radius 2 is 1.62 bits per heavy atom. The first-order chi connectivity index (χ1) is 5.08. The monoisotopic (exact) mass is 495 g/mol. The molecule has 0 aromatic heterocycles. The molecule has 0 fully saturated rings. The van der Waals surface area contributed by atoms with Crippen LogP contribution in [0.3, 0.4) is 0 Å². The first-order valence-electron chi connectivity index (χ1n) is 3.39. The minimum Gasteiger partial charge on any atom is -0.419 e. The van der Waals surface area contributed by atoms with Crippen molar-refractivity contribution < 1.29 is 42.3 Å². The fourth-order valence-electron chi connectivity index (χ4n) is 0.334. The molecular formula is C9H14EsO2Y-2. The zero-order valence-corrected chi connectivity index (χ0v) is 13.7. The first-order valence-corrected chi connectivity index (χ1v) is 3.39. The van der Waals surface area contributed by atoms with Gasteiger partial charge in [0.25, 0.3) is 0 Å². The van der Waals surface area contributed by atoms with E-state index < -0.39 is 0 Å². The van der Waals surface area contributed by atoms with Crippen molar-refractivity contribution in [3.8, 4) is 0 Å². The van der Waals surface area contributed by atoms with Gasteiger partial charge in [-0.15, -0.1) is 0 Å². The predicted molar refractivity (Wildman–Crippen MR) is 45.8 cm³/mol. The van der Waals surface area contributed by atoms with Crippen LogP contribution in [0.2, 0.25) is 0 Å². The zero-order chi connectivity index (χ0) is 9.28. The molecule has 2 nitrogen and oxygen atoms in total. The maximum atomic E-state index is 10.2. The van der Waals surface area contributed by atoms with Gasteiger partial charge in [-0.1, -0.05) is 6.92 Å². The maximum absolute atomic E-state index is 10.2. The molecule has 0 aliphatic heterocycles. The molecule has 0 atom stereocenters. The summed E-state index contributed by atoms with van der Waals surface area (Å²) in [5, 5.41) is 0. The van der Waals surface area contributed by atoms with Crippen molar-refractivity contribution in [2.75, 3.05) is 0 Å². The second kappa shape index (κ2) is 17.3. The SMILES string of the molecule is CC(=O)/C=C(/C)[C-]=O.C[CH-]C.[Es].[Y]. The third-order valence-electron chi connectivity index (χ3n) is 0.581. The van der Waals surface area contributed by atoms with Crippen LogP contribution in [0.25, 0.3) is 0 Å². The molecule has 0 unspecified atom stereocenters. The summed E-state index contributed by atoms with van der Waals surface area (Å²) in [7, 11) is 0. The van der Waals surface area contributed by atoms with Gasteiger partial charge in [0.15, 0.2) is 0 Å². The van der Waals surface area contributed by atoms with Crippen molar-refractivity contribution in [1.82, 2.24) is 0 Å². The van der Waals surface area contributed by atoms with Crippen LogP contribution in [0, 0.1) is 6.42 Å². The molecule has 2 radical (unpaired) electrons. The van der Waals surface area contributed by atoms with Crippen molar-refractivity contribution in [3.05, 3.63) is 18.1 Å². The van der Waals surface area contributed by atoms with Gasteiger partial charge >= 0.3 is 0 Å². The standard InChI is InChI=1S/C6H7O2.C3H7.Es.Y/c1-5(4-7)3-6(2)8;1-3-2;;/h3H,1-2H3;3H,1-2H3;;/q2*-1;;/b5-3-;;;. The molecule has 0 bridgehead atoms. The second-order valence-electron chi connectivity index (χ2n) is 2.12. The molecule has 0 aromatic rings. The summed E-state index contributed by atoms with van der Waals surface area (Å²) in [6, 6.07) is 0. The fourth-order valence-corrected chi connectivity index (χ4v) is 0.334. The van der Waals surface area contributed by atoms with E-state index in [4.69, 9.17) is 0 Å². The number of carbonyl (C=O) groups excluding carboxylic acids is 2. The molecule has 0 N–H and O–H groups in total. The second-order valence-corrected chi connectivity index (χ2v) is 2.12. The van der Waals surface area contributed by atoms with E-state index in [2.05, 4.69) is 0 Å². The number of rotatable bonds is 2. The third-order valence-corrected chi connectivity index (χ3v) is 0.581. The van der Waals surface area contributed by atoms with Gasteiger partial charge in [-0.3, -0.25) is 0 Å². The molecule has 78 valence electrons. The molecule has 0 saturated heterocycles. The molecule has 0 aromatic carbocycles. The molecule has 0 amide bonds. The minimum atomic E-state index is -0.120. The normalized spacial score (nSPS) is 8.15. The van der Waals surface area contributed by atoms with Crippen LogP contribution < -0.4 is 0 Å². The molecular weight excluding hydrogens is 481 g/mol. The van der Waals surface area contributed by atoms with Gasteiger partial charge in [0.2, 0.25) is 0 Å². The molecule has 0 rings (SSSR count). The Labute approximate surface area is 99.7 Å². The molecule has 0 aliphatic rings. The van der Waals surface area contributed by atoms with Gasteiger partial charge in [-0.2, -0.15) is 25.5 Å². The zero-order valence-electron chi connectivity index (χ0n) is 8.35. The van der Waals surface area contributed by atoms with Crippen molar-refractivity contribution in [2.45, 2.75) is 27.7 Å². The smallest absolute Gasteiger partial charge is 0.0735 e. The van der Waals surface area contributed by atoms with Crippen molar-refractivity contribution >= 4 is 12.1 Å². The molecule has 0 heterocycles. The molecule has 4 heteroatoms. The molecule has 13 heavy (non-hydrogen) atoms. The Kier molecular flexibility index (Phi) is 30.3. The van der Waals surface area contributed by atoms with Crippen molar-refractivity contribution in [2.24, 2.45) is 0 Å². The molecule has 0 spiro atoms. The quantitative estimate of drug-likeness (QED) is 0.434. The maximum Gasteiger partial charge on any atom is 0.0735 e. The van der Waals surface area contributed by atoms with Crippen LogP contribution in [0.4, 0.5) is 0 Å². The van der Waals surface area contributed by atoms with Gasteiger partial charge in [0.05, 0.1) is 5.78 Å². The molecule has 0 saturated carbocycles. The summed E-state index contributed by atoms with van der Waals surface area (Å²) in [4.78, 5) is 19.9. The number of allylic oxidation sites excluding steroid dienone is 2. The predicted octanol–water partition coefficient (Wildman–Crippen LogP) is 1.86. The topological polar surface area (TPSA) is 34.1 Å². The Hall–Kier alpha value is -0.816. The van der Waals surface area contributed by atoms with Crippen LogP contribution in [-0.2, 0) is 42.3 Å². The van der Waals surface area contributed by atoms with E-state index in [0.717, 1.165) is 0 Å². The Bertz CT molecular complexity index is 156. The largest absolute Gasteiger partial charge is 0.419 e. The average molecular weight is 495 g/mol. The minimum absolute atomic E-state index is 0. The van der Waals surface area contributed by atoms with Gasteiger partial charge in [0, 0.05) is 32.7 Å². The average Bonchev–Trinajstić information content (AvgIpc) is 1.88. The van der Waals surface area contributed by atoms with Crippen molar-refractivity contribution in [1.29, 1.82) is 0 Å². The Balaban J connectivity index is -0.0000000720. The summed E-state index contributed by atoms with van der Waals surface area (Å²) < 4.78 is 0. The van der Waals surface area contributed by atoms with E-state index in [1.165, 1.54) is 19.9 Å². The summed E-state index contributed by atoms with van der Waals surface area (Å²) in [5.74, 6) is -0.120. The summed E-state index contributed by atoms with van der Waals surface area (Å²) in [6.45, 7) is 6.93. The number of hydrogen-bond acceptors (Lipinski definition) is 2. The summed E-state index contributed by atoms with van der Waals surface area (Å²) in [5.41, 5.74) is 0.345. The van der Waals surface area contributed by atoms with E-state index in [0.29, 0.717) is 5.57 Å². The van der Waals surface area contributed by atoms with E-state index >= 15 is 0 Å². The van der Waals surface area contributed by atoms with Crippen LogP contribution in [-0.4, -0.2) is 12.1 Å². The van der Waals surface area contributed by atoms with Gasteiger partial charge in [-0.05, 0) is 13.2 Å². The van der Waals surface area contributed by atoms with Gasteiger partial charge in [0.1, 0.15) is 0 Å². The first kappa shape index (κ1) is 22.8. The number of carbonyl (C=O) groups is 1. The van der Waals surface area contributed by atoms with E-state index in [1.807, 2.05) is 20.3 Å². The van der Waals surface area contributed by atoms with E-state index in [-0.39, 0.29) is 38.5 Å². The van der Waals surface area contributed by atoms with E-state index in [1.54, 1.807) is 6.29 Å². The summed E-state index contributed by atoms with van der Waals surface area (Å²) >= 11 is 0. The molecule has 0 aliphatic carbocycles. The van der Waals surface area contributed by atoms with Crippen molar-refractivity contribution in [3.63, 3.8) is 0 Å². The van der Waals surface area contributed by atoms with Crippen LogP contribution >= 0.6 is 0 Å². The van der Waals surface area contributed by atoms with E-state index in [9.17, 15) is 9.59 Å². The van der Waals surface area contributed by atoms with Crippen LogP contribution in [0.15, 0.2) is 11.6 Å². The Morgan fingerprint density at radius 1 is 1.31 bits per heavy atom. The van der Waals surface area contributed by atoms with Gasteiger partial charge < -0.3 is 16.0 Å². The fraction of sp³-hybridized carbons (Fsp3) is 0.444. The van der Waals surface area contributed by atoms with Crippen LogP contribution in [0.1, 0.15) is 27.7 Å². The van der Waals surface area contributed by atoms with Crippen LogP contribution in [0.5, 0.6) is 0 Å². The third kappa shape index (κ3) is 35.1. The number of ketones is 1. The number of hydrogen-bond donors (Lipinski definition) is 0.